The summed E-state index contributed by atoms with van der Waals surface area (Å²) >= 11 is 5.99. The fraction of sp³-hybridized carbons (Fsp3) is 0.500. The third kappa shape index (κ3) is 3.58. The number of hydrogen-bond acceptors (Lipinski definition) is 5. The highest BCUT2D eigenvalue weighted by Gasteiger charge is 2.34. The van der Waals surface area contributed by atoms with E-state index in [1.807, 2.05) is 24.8 Å². The predicted molar refractivity (Wildman–Crippen MR) is 82.2 cm³/mol. The third-order valence-electron chi connectivity index (χ3n) is 3.37. The first-order valence-electron chi connectivity index (χ1n) is 6.67. The van der Waals surface area contributed by atoms with E-state index >= 15 is 0 Å². The minimum Gasteiger partial charge on any atom is -0.409 e. The zero-order valence-electron chi connectivity index (χ0n) is 12.1. The molecule has 1 saturated heterocycles. The average Bonchev–Trinajstić information content (AvgIpc) is 2.44. The van der Waals surface area contributed by atoms with Crippen LogP contribution in [0.15, 0.2) is 23.4 Å². The molecule has 0 spiro atoms. The van der Waals surface area contributed by atoms with E-state index in [1.165, 1.54) is 0 Å². The summed E-state index contributed by atoms with van der Waals surface area (Å²) in [5.41, 5.74) is 6.68. The Bertz CT molecular complexity index is 548. The number of halogens is 1. The molecule has 1 heterocycles. The van der Waals surface area contributed by atoms with Crippen LogP contribution in [0.25, 0.3) is 0 Å². The Kier molecular flexibility index (Phi) is 4.61. The second-order valence-corrected chi connectivity index (χ2v) is 6.15. The first kappa shape index (κ1) is 15.9. The van der Waals surface area contributed by atoms with E-state index in [2.05, 4.69) is 5.16 Å². The quantitative estimate of drug-likeness (QED) is 0.340. The number of anilines is 1. The van der Waals surface area contributed by atoms with Crippen LogP contribution in [0.2, 0.25) is 5.02 Å². The normalized spacial score (nSPS) is 22.4. The number of morpholine rings is 1. The molecule has 0 amide bonds. The summed E-state index contributed by atoms with van der Waals surface area (Å²) in [6, 6.07) is 5.23. The molecule has 1 atom stereocenters. The van der Waals surface area contributed by atoms with Gasteiger partial charge in [-0.1, -0.05) is 16.8 Å². The van der Waals surface area contributed by atoms with Gasteiger partial charge in [0.2, 0.25) is 0 Å². The maximum atomic E-state index is 9.40. The van der Waals surface area contributed by atoms with Gasteiger partial charge in [0.1, 0.15) is 0 Å². The summed E-state index contributed by atoms with van der Waals surface area (Å²) in [7, 11) is 0. The van der Waals surface area contributed by atoms with Crippen LogP contribution < -0.4 is 10.6 Å². The average molecular weight is 314 g/mol. The van der Waals surface area contributed by atoms with Crippen LogP contribution in [-0.4, -0.2) is 47.6 Å². The van der Waals surface area contributed by atoms with Gasteiger partial charge in [0, 0.05) is 29.4 Å². The molecule has 1 unspecified atom stereocenters. The monoisotopic (exact) mass is 313 g/mol. The number of rotatable bonds is 3. The van der Waals surface area contributed by atoms with E-state index in [9.17, 15) is 5.11 Å². The maximum absolute atomic E-state index is 9.40. The zero-order chi connectivity index (χ0) is 15.6. The van der Waals surface area contributed by atoms with Gasteiger partial charge in [-0.2, -0.15) is 0 Å². The first-order chi connectivity index (χ1) is 9.86. The highest BCUT2D eigenvalue weighted by Crippen LogP contribution is 2.30. The Hall–Kier alpha value is -1.50. The van der Waals surface area contributed by atoms with Gasteiger partial charge in [-0.3, -0.25) is 0 Å². The second kappa shape index (κ2) is 6.09. The minimum atomic E-state index is -0.409. The molecule has 1 aromatic rings. The summed E-state index contributed by atoms with van der Waals surface area (Å²) in [4.78, 5) is 2.05. The molecule has 0 radical (unpaired) electrons. The van der Waals surface area contributed by atoms with Crippen LogP contribution >= 0.6 is 11.6 Å². The van der Waals surface area contributed by atoms with Crippen molar-refractivity contribution in [3.8, 4) is 0 Å². The van der Waals surface area contributed by atoms with Gasteiger partial charge in [0.05, 0.1) is 18.3 Å². The van der Waals surface area contributed by atoms with Crippen molar-refractivity contribution in [3.05, 3.63) is 28.8 Å². The summed E-state index contributed by atoms with van der Waals surface area (Å²) in [6.07, 6.45) is -0.287. The topological polar surface area (TPSA) is 91.3 Å². The molecule has 1 fully saturated rings. The SMILES string of the molecule is CC1(C)CN(c2ccc(Cl)cc2/C(N)=N/O)CC(CO)O1. The number of oxime groups is 1. The molecule has 7 heteroatoms. The van der Waals surface area contributed by atoms with Gasteiger partial charge in [-0.15, -0.1) is 0 Å². The predicted octanol–water partition coefficient (Wildman–Crippen LogP) is 1.41. The lowest BCUT2D eigenvalue weighted by Crippen LogP contribution is -2.54. The molecule has 116 valence electrons. The molecule has 1 aliphatic heterocycles. The third-order valence-corrected chi connectivity index (χ3v) is 3.60. The van der Waals surface area contributed by atoms with Gasteiger partial charge in [-0.25, -0.2) is 0 Å². The number of benzene rings is 1. The Labute approximate surface area is 128 Å². The van der Waals surface area contributed by atoms with E-state index < -0.39 is 5.60 Å². The zero-order valence-corrected chi connectivity index (χ0v) is 12.8. The van der Waals surface area contributed by atoms with Crippen molar-refractivity contribution in [1.82, 2.24) is 0 Å². The van der Waals surface area contributed by atoms with Crippen molar-refractivity contribution >= 4 is 23.1 Å². The van der Waals surface area contributed by atoms with Crippen LogP contribution in [0.5, 0.6) is 0 Å². The van der Waals surface area contributed by atoms with E-state index in [0.29, 0.717) is 23.7 Å². The summed E-state index contributed by atoms with van der Waals surface area (Å²) in [5, 5.41) is 21.9. The van der Waals surface area contributed by atoms with E-state index in [1.54, 1.807) is 12.1 Å². The van der Waals surface area contributed by atoms with Gasteiger partial charge >= 0.3 is 0 Å². The van der Waals surface area contributed by atoms with Crippen LogP contribution in [0.1, 0.15) is 19.4 Å². The molecule has 1 aromatic carbocycles. The summed E-state index contributed by atoms with van der Waals surface area (Å²) < 4.78 is 5.80. The largest absolute Gasteiger partial charge is 0.409 e. The number of ether oxygens (including phenoxy) is 1. The number of aliphatic hydroxyl groups is 1. The number of nitrogens with two attached hydrogens (primary N) is 1. The van der Waals surface area contributed by atoms with Crippen molar-refractivity contribution in [2.75, 3.05) is 24.6 Å². The van der Waals surface area contributed by atoms with Crippen LogP contribution in [-0.2, 0) is 4.74 Å². The Morgan fingerprint density at radius 2 is 2.29 bits per heavy atom. The highest BCUT2D eigenvalue weighted by molar-refractivity contribution is 6.31. The minimum absolute atomic E-state index is 0.00246. The van der Waals surface area contributed by atoms with E-state index in [-0.39, 0.29) is 18.5 Å². The van der Waals surface area contributed by atoms with Gasteiger partial charge in [-0.05, 0) is 32.0 Å². The lowest BCUT2D eigenvalue weighted by molar-refractivity contribution is -0.101. The number of aliphatic hydroxyl groups excluding tert-OH is 1. The van der Waals surface area contributed by atoms with Crippen molar-refractivity contribution in [3.63, 3.8) is 0 Å². The standard InChI is InChI=1S/C14H20ClN3O3/c1-14(2)8-18(6-10(7-19)21-14)12-4-3-9(15)5-11(12)13(16)17-20/h3-5,10,19-20H,6-8H2,1-2H3,(H2,16,17). The summed E-state index contributed by atoms with van der Waals surface area (Å²) in [5.74, 6) is -0.00246. The number of nitrogens with zero attached hydrogens (tertiary/aromatic N) is 2. The summed E-state index contributed by atoms with van der Waals surface area (Å²) in [6.45, 7) is 5.00. The van der Waals surface area contributed by atoms with Crippen molar-refractivity contribution in [1.29, 1.82) is 0 Å². The molecule has 6 nitrogen and oxygen atoms in total. The fourth-order valence-corrected chi connectivity index (χ4v) is 2.79. The lowest BCUT2D eigenvalue weighted by atomic mass is 10.0. The Balaban J connectivity index is 2.41. The Morgan fingerprint density at radius 3 is 2.90 bits per heavy atom. The van der Waals surface area contributed by atoms with Crippen molar-refractivity contribution < 1.29 is 15.1 Å². The van der Waals surface area contributed by atoms with Gasteiger partial charge < -0.3 is 25.7 Å². The Morgan fingerprint density at radius 1 is 1.57 bits per heavy atom. The second-order valence-electron chi connectivity index (χ2n) is 5.71. The van der Waals surface area contributed by atoms with Crippen molar-refractivity contribution in [2.45, 2.75) is 25.6 Å². The van der Waals surface area contributed by atoms with Crippen LogP contribution in [0.3, 0.4) is 0 Å². The molecule has 0 saturated carbocycles. The van der Waals surface area contributed by atoms with E-state index in [0.717, 1.165) is 5.69 Å². The smallest absolute Gasteiger partial charge is 0.172 e. The van der Waals surface area contributed by atoms with Crippen LogP contribution in [0.4, 0.5) is 5.69 Å². The molecule has 0 aromatic heterocycles. The molecular weight excluding hydrogens is 294 g/mol. The molecule has 2 rings (SSSR count). The molecule has 0 aliphatic carbocycles. The molecule has 1 aliphatic rings. The molecule has 21 heavy (non-hydrogen) atoms. The number of amidine groups is 1. The molecular formula is C14H20ClN3O3. The molecule has 0 bridgehead atoms. The first-order valence-corrected chi connectivity index (χ1v) is 7.05. The molecule has 4 N–H and O–H groups in total. The maximum Gasteiger partial charge on any atom is 0.172 e. The highest BCUT2D eigenvalue weighted by atomic mass is 35.5. The van der Waals surface area contributed by atoms with Gasteiger partial charge in [0.25, 0.3) is 0 Å². The number of hydrogen-bond donors (Lipinski definition) is 3. The lowest BCUT2D eigenvalue weighted by Gasteiger charge is -2.44. The fourth-order valence-electron chi connectivity index (χ4n) is 2.62. The van der Waals surface area contributed by atoms with Gasteiger partial charge in [0.15, 0.2) is 5.84 Å². The van der Waals surface area contributed by atoms with Crippen LogP contribution in [0, 0.1) is 0 Å². The van der Waals surface area contributed by atoms with E-state index in [4.69, 9.17) is 27.3 Å². The van der Waals surface area contributed by atoms with Crippen molar-refractivity contribution in [2.24, 2.45) is 10.9 Å².